The van der Waals surface area contributed by atoms with Crippen molar-refractivity contribution in [2.45, 2.75) is 51.9 Å². The van der Waals surface area contributed by atoms with Crippen LogP contribution in [0.25, 0.3) is 0 Å². The van der Waals surface area contributed by atoms with Crippen LogP contribution in [0.5, 0.6) is 11.5 Å². The predicted octanol–water partition coefficient (Wildman–Crippen LogP) is 7.96. The molecular weight excluding hydrogens is 519 g/mol. The lowest BCUT2D eigenvalue weighted by molar-refractivity contribution is 0.0488. The highest BCUT2D eigenvalue weighted by atomic mass is 31.2. The Morgan fingerprint density at radius 2 is 1.62 bits per heavy atom. The van der Waals surface area contributed by atoms with E-state index in [0.717, 1.165) is 29.8 Å². The van der Waals surface area contributed by atoms with Gasteiger partial charge >= 0.3 is 0 Å². The van der Waals surface area contributed by atoms with E-state index in [-0.39, 0.29) is 6.10 Å². The third-order valence-corrected chi connectivity index (χ3v) is 10.8. The summed E-state index contributed by atoms with van der Waals surface area (Å²) < 4.78 is 34.3. The van der Waals surface area contributed by atoms with Crippen LogP contribution < -0.4 is 25.0 Å². The van der Waals surface area contributed by atoms with E-state index >= 15 is 4.57 Å². The summed E-state index contributed by atoms with van der Waals surface area (Å²) >= 11 is 0. The van der Waals surface area contributed by atoms with E-state index in [2.05, 4.69) is 26.1 Å². The topological polar surface area (TPSA) is 60.0 Å². The van der Waals surface area contributed by atoms with Crippen LogP contribution in [0.1, 0.15) is 51.4 Å². The molecule has 3 aromatic carbocycles. The molecule has 7 heteroatoms. The largest absolute Gasteiger partial charge is 0.497 e. The van der Waals surface area contributed by atoms with Gasteiger partial charge in [-0.25, -0.2) is 0 Å². The molecule has 4 rings (SSSR count). The number of hydrogen-bond donors (Lipinski definition) is 1. The molecule has 5 atom stereocenters. The van der Waals surface area contributed by atoms with Crippen molar-refractivity contribution in [2.75, 3.05) is 38.5 Å². The number of nitrogens with zero attached hydrogens (tertiary/aromatic N) is 1. The van der Waals surface area contributed by atoms with Gasteiger partial charge in [-0.05, 0) is 85.2 Å². The lowest BCUT2D eigenvalue weighted by Gasteiger charge is -2.41. The smallest absolute Gasteiger partial charge is 0.258 e. The van der Waals surface area contributed by atoms with Gasteiger partial charge < -0.3 is 24.2 Å². The van der Waals surface area contributed by atoms with E-state index in [1.807, 2.05) is 91.8 Å². The molecule has 0 aromatic heterocycles. The lowest BCUT2D eigenvalue weighted by Crippen LogP contribution is -2.36. The molecule has 0 amide bonds. The Hall–Kier alpha value is -2.95. The zero-order valence-corrected chi connectivity index (χ0v) is 25.9. The maximum absolute atomic E-state index is 15.8. The van der Waals surface area contributed by atoms with E-state index in [4.69, 9.17) is 14.0 Å². The highest BCUT2D eigenvalue weighted by Crippen LogP contribution is 2.63. The lowest BCUT2D eigenvalue weighted by atomic mass is 9.75. The molecule has 1 fully saturated rings. The molecule has 1 N–H and O–H groups in total. The fraction of sp³-hybridized carbons (Fsp3) is 0.455. The molecule has 216 valence electrons. The van der Waals surface area contributed by atoms with Gasteiger partial charge in [0, 0.05) is 36.3 Å². The molecule has 0 radical (unpaired) electrons. The first-order valence-corrected chi connectivity index (χ1v) is 15.9. The highest BCUT2D eigenvalue weighted by Gasteiger charge is 2.44. The normalized spacial score (nSPS) is 21.4. The van der Waals surface area contributed by atoms with Crippen LogP contribution in [-0.4, -0.2) is 34.4 Å². The molecule has 1 aliphatic rings. The molecule has 0 aliphatic heterocycles. The molecule has 3 aromatic rings. The van der Waals surface area contributed by atoms with Crippen molar-refractivity contribution in [1.82, 2.24) is 0 Å². The van der Waals surface area contributed by atoms with Crippen molar-refractivity contribution in [3.63, 3.8) is 0 Å². The van der Waals surface area contributed by atoms with Crippen LogP contribution in [0.3, 0.4) is 0 Å². The number of hydrogen-bond acceptors (Lipinski definition) is 6. The van der Waals surface area contributed by atoms with Gasteiger partial charge in [-0.2, -0.15) is 0 Å². The van der Waals surface area contributed by atoms with Crippen LogP contribution in [0, 0.1) is 17.8 Å². The van der Waals surface area contributed by atoms with Crippen LogP contribution in [0.4, 0.5) is 11.4 Å². The average Bonchev–Trinajstić information content (AvgIpc) is 2.96. The van der Waals surface area contributed by atoms with E-state index in [9.17, 15) is 0 Å². The van der Waals surface area contributed by atoms with E-state index in [0.29, 0.717) is 34.6 Å². The average molecular weight is 565 g/mol. The molecular formula is C33H45N2O4P. The van der Waals surface area contributed by atoms with Crippen molar-refractivity contribution in [2.24, 2.45) is 17.8 Å². The summed E-state index contributed by atoms with van der Waals surface area (Å²) in [5.74, 6) is 1.84. The summed E-state index contributed by atoms with van der Waals surface area (Å²) in [4.78, 5) is 2.04. The van der Waals surface area contributed by atoms with Gasteiger partial charge in [0.25, 0.3) is 7.37 Å². The summed E-state index contributed by atoms with van der Waals surface area (Å²) in [5.41, 5.74) is 2.62. The van der Waals surface area contributed by atoms with Crippen molar-refractivity contribution >= 4 is 24.0 Å². The second-order valence-corrected chi connectivity index (χ2v) is 13.9. The Morgan fingerprint density at radius 1 is 0.925 bits per heavy atom. The molecule has 40 heavy (non-hydrogen) atoms. The summed E-state index contributed by atoms with van der Waals surface area (Å²) in [5, 5.41) is 4.29. The standard InChI is InChI=1S/C33H45N2O4P/c1-23(2)29-19-13-24(3)21-32(29)39-40(36,28-17-14-26(15-18-28)35(4)5)33(34-25-11-9-8-10-12-25)30-22-27(37-6)16-20-31(30)38-7/h8-12,14-18,20,22-24,29,32-34H,13,19,21H2,1-7H3/t24-,29-,32-,33+,40+/m1/s1. The van der Waals surface area contributed by atoms with Crippen molar-refractivity contribution in [1.29, 1.82) is 0 Å². The van der Waals surface area contributed by atoms with Crippen molar-refractivity contribution < 1.29 is 18.6 Å². The first-order chi connectivity index (χ1) is 19.2. The Bertz CT molecular complexity index is 1280. The SMILES string of the molecule is COc1ccc(OC)c([C@@H](Nc2ccccc2)[P@@](=O)(O[C@@H]2C[C@H](C)CC[C@@H]2C(C)C)c2ccc(N(C)C)cc2)c1. The number of methoxy groups -OCH3 is 2. The van der Waals surface area contributed by atoms with Gasteiger partial charge in [0.05, 0.1) is 20.3 Å². The third kappa shape index (κ3) is 6.67. The van der Waals surface area contributed by atoms with Gasteiger partial charge in [0.1, 0.15) is 17.3 Å². The van der Waals surface area contributed by atoms with Crippen LogP contribution in [-0.2, 0) is 9.09 Å². The van der Waals surface area contributed by atoms with E-state index < -0.39 is 13.2 Å². The summed E-state index contributed by atoms with van der Waals surface area (Å²) in [6, 6.07) is 23.5. The Labute approximate surface area is 240 Å². The molecule has 0 bridgehead atoms. The quantitative estimate of drug-likeness (QED) is 0.239. The molecule has 0 heterocycles. The maximum atomic E-state index is 15.8. The van der Waals surface area contributed by atoms with Gasteiger partial charge in [0.2, 0.25) is 0 Å². The van der Waals surface area contributed by atoms with Crippen LogP contribution in [0.15, 0.2) is 72.8 Å². The Kier molecular flexibility index (Phi) is 9.86. The van der Waals surface area contributed by atoms with Crippen molar-refractivity contribution in [3.05, 3.63) is 78.4 Å². The van der Waals surface area contributed by atoms with E-state index in [1.54, 1.807) is 14.2 Å². The van der Waals surface area contributed by atoms with Gasteiger partial charge in [0.15, 0.2) is 0 Å². The number of anilines is 2. The number of para-hydroxylation sites is 1. The fourth-order valence-corrected chi connectivity index (χ4v) is 8.40. The predicted molar refractivity (Wildman–Crippen MR) is 167 cm³/mol. The molecule has 1 saturated carbocycles. The van der Waals surface area contributed by atoms with Gasteiger partial charge in [-0.3, -0.25) is 4.57 Å². The second-order valence-electron chi connectivity index (χ2n) is 11.5. The van der Waals surface area contributed by atoms with Crippen molar-refractivity contribution in [3.8, 4) is 11.5 Å². The van der Waals surface area contributed by atoms with Crippen LogP contribution >= 0.6 is 7.37 Å². The van der Waals surface area contributed by atoms with Gasteiger partial charge in [-0.15, -0.1) is 0 Å². The monoisotopic (exact) mass is 564 g/mol. The minimum absolute atomic E-state index is 0.125. The summed E-state index contributed by atoms with van der Waals surface area (Å²) in [6.07, 6.45) is 3.00. The number of ether oxygens (including phenoxy) is 2. The molecule has 0 spiro atoms. The summed E-state index contributed by atoms with van der Waals surface area (Å²) in [6.45, 7) is 6.77. The highest BCUT2D eigenvalue weighted by molar-refractivity contribution is 7.67. The van der Waals surface area contributed by atoms with Gasteiger partial charge in [-0.1, -0.05) is 45.4 Å². The number of rotatable bonds is 11. The number of benzene rings is 3. The Balaban J connectivity index is 1.93. The molecule has 6 nitrogen and oxygen atoms in total. The fourth-order valence-electron chi connectivity index (χ4n) is 5.76. The zero-order valence-electron chi connectivity index (χ0n) is 25.0. The summed E-state index contributed by atoms with van der Waals surface area (Å²) in [7, 11) is 3.65. The second kappa shape index (κ2) is 13.1. The first-order valence-electron chi connectivity index (χ1n) is 14.3. The minimum atomic E-state index is -3.63. The third-order valence-electron chi connectivity index (χ3n) is 8.13. The molecule has 0 unspecified atom stereocenters. The zero-order chi connectivity index (χ0) is 28.9. The maximum Gasteiger partial charge on any atom is 0.258 e. The first kappa shape index (κ1) is 30.0. The number of nitrogens with one attached hydrogen (secondary N) is 1. The molecule has 0 saturated heterocycles. The minimum Gasteiger partial charge on any atom is -0.497 e. The molecule has 1 aliphatic carbocycles. The van der Waals surface area contributed by atoms with Crippen LogP contribution in [0.2, 0.25) is 0 Å². The Morgan fingerprint density at radius 3 is 2.23 bits per heavy atom. The van der Waals surface area contributed by atoms with E-state index in [1.165, 1.54) is 6.42 Å².